The minimum absolute atomic E-state index is 0.0335. The quantitative estimate of drug-likeness (QED) is 0.242. The summed E-state index contributed by atoms with van der Waals surface area (Å²) in [6, 6.07) is 7.16. The average Bonchev–Trinajstić information content (AvgIpc) is 3.34. The summed E-state index contributed by atoms with van der Waals surface area (Å²) in [5.41, 5.74) is 3.75. The van der Waals surface area contributed by atoms with Crippen LogP contribution >= 0.6 is 11.3 Å². The van der Waals surface area contributed by atoms with Gasteiger partial charge in [-0.1, -0.05) is 0 Å². The molecule has 1 aromatic carbocycles. The molecule has 2 unspecified atom stereocenters. The second kappa shape index (κ2) is 8.81. The Labute approximate surface area is 182 Å². The first kappa shape index (κ1) is 21.5. The second-order valence-corrected chi connectivity index (χ2v) is 10.2. The third-order valence-corrected chi connectivity index (χ3v) is 6.84. The first-order valence-corrected chi connectivity index (χ1v) is 12.5. The van der Waals surface area contributed by atoms with E-state index in [1.807, 2.05) is 17.0 Å². The molecule has 162 valence electrons. The molecule has 4 rings (SSSR count). The van der Waals surface area contributed by atoms with Gasteiger partial charge in [-0.25, -0.2) is 33.0 Å². The number of hydrazine groups is 1. The standard InChI is InChI=1S/C16H15N7O5S3/c1-31(26,27)13(15-22-21-12(28-15)8-19-23-30(24)25)16-20-10-7-9(3-4-11(10)29-16)14-17-5-2-6-18-14/h2-7,13,19,23H,8H2,1H3,(H,24,25). The first-order valence-electron chi connectivity index (χ1n) is 8.59. The zero-order valence-corrected chi connectivity index (χ0v) is 18.2. The third-order valence-electron chi connectivity index (χ3n) is 3.99. The van der Waals surface area contributed by atoms with Gasteiger partial charge in [0.2, 0.25) is 23.0 Å². The largest absolute Gasteiger partial charge is 0.422 e. The van der Waals surface area contributed by atoms with E-state index >= 15 is 0 Å². The molecule has 0 aliphatic rings. The molecule has 15 heteroatoms. The van der Waals surface area contributed by atoms with Crippen molar-refractivity contribution >= 4 is 42.7 Å². The molecule has 3 N–H and O–H groups in total. The lowest BCUT2D eigenvalue weighted by molar-refractivity contribution is 0.426. The van der Waals surface area contributed by atoms with E-state index in [-0.39, 0.29) is 23.3 Å². The summed E-state index contributed by atoms with van der Waals surface area (Å²) in [5.74, 6) is 0.423. The van der Waals surface area contributed by atoms with Gasteiger partial charge in [0.1, 0.15) is 5.01 Å². The van der Waals surface area contributed by atoms with E-state index in [0.29, 0.717) is 11.3 Å². The summed E-state index contributed by atoms with van der Waals surface area (Å²) in [4.78, 5) is 15.0. The number of aromatic nitrogens is 5. The van der Waals surface area contributed by atoms with Crippen LogP contribution in [0.1, 0.15) is 22.0 Å². The van der Waals surface area contributed by atoms with Crippen LogP contribution in [0, 0.1) is 0 Å². The van der Waals surface area contributed by atoms with Crippen molar-refractivity contribution in [2.45, 2.75) is 11.8 Å². The number of nitrogens with zero attached hydrogens (tertiary/aromatic N) is 5. The van der Waals surface area contributed by atoms with Crippen LogP contribution in [0.4, 0.5) is 0 Å². The Morgan fingerprint density at radius 3 is 2.74 bits per heavy atom. The third kappa shape index (κ3) is 4.97. The first-order chi connectivity index (χ1) is 14.8. The summed E-state index contributed by atoms with van der Waals surface area (Å²) >= 11 is -1.07. The molecule has 2 atom stereocenters. The van der Waals surface area contributed by atoms with Crippen LogP contribution in [0.25, 0.3) is 21.6 Å². The number of hydrogen-bond acceptors (Lipinski definition) is 11. The molecule has 0 aliphatic heterocycles. The van der Waals surface area contributed by atoms with Crippen LogP contribution in [0.5, 0.6) is 0 Å². The van der Waals surface area contributed by atoms with Crippen molar-refractivity contribution in [2.24, 2.45) is 0 Å². The highest BCUT2D eigenvalue weighted by Gasteiger charge is 2.33. The normalized spacial score (nSPS) is 14.0. The molecule has 31 heavy (non-hydrogen) atoms. The highest BCUT2D eigenvalue weighted by molar-refractivity contribution is 7.91. The van der Waals surface area contributed by atoms with Crippen LogP contribution in [0.15, 0.2) is 41.1 Å². The predicted molar refractivity (Wildman–Crippen MR) is 112 cm³/mol. The molecule has 4 aromatic rings. The Kier molecular flexibility index (Phi) is 6.12. The minimum Gasteiger partial charge on any atom is -0.422 e. The molecule has 0 amide bonds. The Morgan fingerprint density at radius 2 is 2.03 bits per heavy atom. The predicted octanol–water partition coefficient (Wildman–Crippen LogP) is 1.00. The average molecular weight is 482 g/mol. The zero-order valence-electron chi connectivity index (χ0n) is 15.8. The van der Waals surface area contributed by atoms with Crippen molar-refractivity contribution in [3.8, 4) is 11.4 Å². The summed E-state index contributed by atoms with van der Waals surface area (Å²) in [6.45, 7) is -0.0872. The maximum atomic E-state index is 12.5. The van der Waals surface area contributed by atoms with Crippen molar-refractivity contribution in [1.29, 1.82) is 0 Å². The maximum absolute atomic E-state index is 12.5. The van der Waals surface area contributed by atoms with E-state index < -0.39 is 26.4 Å². The molecule has 0 radical (unpaired) electrons. The van der Waals surface area contributed by atoms with E-state index in [0.717, 1.165) is 16.5 Å². The lowest BCUT2D eigenvalue weighted by Gasteiger charge is -2.07. The van der Waals surface area contributed by atoms with Gasteiger partial charge >= 0.3 is 0 Å². The topological polar surface area (TPSA) is 173 Å². The van der Waals surface area contributed by atoms with E-state index in [1.54, 1.807) is 24.5 Å². The molecule has 3 heterocycles. The number of sulfone groups is 1. The molecule has 0 saturated carbocycles. The molecule has 12 nitrogen and oxygen atoms in total. The molecular formula is C16H15N7O5S3. The van der Waals surface area contributed by atoms with Gasteiger partial charge < -0.3 is 4.42 Å². The van der Waals surface area contributed by atoms with Gasteiger partial charge in [-0.2, -0.15) is 4.83 Å². The monoisotopic (exact) mass is 481 g/mol. The highest BCUT2D eigenvalue weighted by Crippen LogP contribution is 2.35. The number of thiazole rings is 1. The second-order valence-electron chi connectivity index (χ2n) is 6.26. The fourth-order valence-electron chi connectivity index (χ4n) is 2.73. The molecule has 3 aromatic heterocycles. The fourth-order valence-corrected chi connectivity index (χ4v) is 5.40. The maximum Gasteiger partial charge on any atom is 0.245 e. The number of hydrogen-bond donors (Lipinski definition) is 3. The summed E-state index contributed by atoms with van der Waals surface area (Å²) in [6.07, 6.45) is 4.33. The number of rotatable bonds is 8. The molecule has 0 bridgehead atoms. The van der Waals surface area contributed by atoms with E-state index in [1.165, 1.54) is 11.3 Å². The Bertz CT molecular complexity index is 1340. The van der Waals surface area contributed by atoms with Crippen molar-refractivity contribution in [1.82, 2.24) is 35.4 Å². The SMILES string of the molecule is CS(=O)(=O)C(c1nnc(CNNS(=O)O)o1)c1nc2cc(-c3ncccn3)ccc2s1. The summed E-state index contributed by atoms with van der Waals surface area (Å²) in [7, 11) is -3.70. The summed E-state index contributed by atoms with van der Waals surface area (Å²) < 4.78 is 50.6. The summed E-state index contributed by atoms with van der Waals surface area (Å²) in [5, 5.41) is 6.65. The van der Waals surface area contributed by atoms with Crippen LogP contribution in [-0.2, 0) is 27.6 Å². The minimum atomic E-state index is -3.70. The van der Waals surface area contributed by atoms with Gasteiger partial charge in [0.05, 0.1) is 16.8 Å². The Morgan fingerprint density at radius 1 is 1.26 bits per heavy atom. The number of fused-ring (bicyclic) bond motifs is 1. The van der Waals surface area contributed by atoms with Gasteiger partial charge in [-0.15, -0.1) is 21.5 Å². The van der Waals surface area contributed by atoms with Crippen molar-refractivity contribution in [3.63, 3.8) is 0 Å². The van der Waals surface area contributed by atoms with Crippen molar-refractivity contribution in [3.05, 3.63) is 53.4 Å². The van der Waals surface area contributed by atoms with Gasteiger partial charge in [0.25, 0.3) is 0 Å². The molecule has 0 fully saturated rings. The Hall–Kier alpha value is -2.69. The van der Waals surface area contributed by atoms with Gasteiger partial charge in [-0.05, 0) is 24.3 Å². The lowest BCUT2D eigenvalue weighted by atomic mass is 10.2. The number of benzene rings is 1. The van der Waals surface area contributed by atoms with Crippen molar-refractivity contribution in [2.75, 3.05) is 6.26 Å². The molecule has 0 spiro atoms. The van der Waals surface area contributed by atoms with Crippen LogP contribution in [0.2, 0.25) is 0 Å². The van der Waals surface area contributed by atoms with Crippen LogP contribution < -0.4 is 10.3 Å². The van der Waals surface area contributed by atoms with Crippen LogP contribution in [0.3, 0.4) is 0 Å². The van der Waals surface area contributed by atoms with Gasteiger partial charge in [-0.3, -0.25) is 4.55 Å². The highest BCUT2D eigenvalue weighted by atomic mass is 32.2. The molecule has 0 aliphatic carbocycles. The fraction of sp³-hybridized carbons (Fsp3) is 0.188. The van der Waals surface area contributed by atoms with Gasteiger partial charge in [0, 0.05) is 24.2 Å². The number of nitrogens with one attached hydrogen (secondary N) is 2. The molecule has 0 saturated heterocycles. The Balaban J connectivity index is 1.67. The van der Waals surface area contributed by atoms with Gasteiger partial charge in [0.15, 0.2) is 20.9 Å². The zero-order chi connectivity index (χ0) is 22.0. The smallest absolute Gasteiger partial charge is 0.245 e. The van der Waals surface area contributed by atoms with E-state index in [4.69, 9.17) is 8.97 Å². The van der Waals surface area contributed by atoms with Crippen LogP contribution in [-0.4, -0.2) is 48.6 Å². The van der Waals surface area contributed by atoms with Crippen molar-refractivity contribution < 1.29 is 21.6 Å². The lowest BCUT2D eigenvalue weighted by Crippen LogP contribution is -2.32. The molecular weight excluding hydrogens is 466 g/mol. The van der Waals surface area contributed by atoms with E-state index in [9.17, 15) is 12.6 Å². The van der Waals surface area contributed by atoms with E-state index in [2.05, 4.69) is 30.6 Å².